The Morgan fingerprint density at radius 1 is 1.06 bits per heavy atom. The fraction of sp³-hybridized carbons (Fsp3) is 0.300. The number of halogens is 3. The molecule has 2 rings (SSSR count). The van der Waals surface area contributed by atoms with E-state index in [-0.39, 0.29) is 0 Å². The molecule has 1 aliphatic heterocycles. The van der Waals surface area contributed by atoms with Crippen LogP contribution in [0.2, 0.25) is 0 Å². The van der Waals surface area contributed by atoms with Crippen molar-refractivity contribution in [1.82, 2.24) is 0 Å². The topological polar surface area (TPSA) is 21.6 Å². The second-order valence-electron chi connectivity index (χ2n) is 3.89. The van der Waals surface area contributed by atoms with Crippen LogP contribution in [0.3, 0.4) is 0 Å². The van der Waals surface area contributed by atoms with Gasteiger partial charge in [0.05, 0.1) is 0 Å². The quantitative estimate of drug-likeness (QED) is 0.616. The molecule has 1 aromatic rings. The molecule has 0 fully saturated rings. The van der Waals surface area contributed by atoms with E-state index in [1.54, 1.807) is 6.92 Å². The molecule has 0 saturated carbocycles. The summed E-state index contributed by atoms with van der Waals surface area (Å²) in [7, 11) is 18.9. The van der Waals surface area contributed by atoms with Gasteiger partial charge in [0.15, 0.2) is 0 Å². The monoisotopic (exact) mass is 397 g/mol. The fourth-order valence-corrected chi connectivity index (χ4v) is 10.4. The van der Waals surface area contributed by atoms with Crippen LogP contribution in [0.5, 0.6) is 0 Å². The predicted molar refractivity (Wildman–Crippen MR) is 74.1 cm³/mol. The van der Waals surface area contributed by atoms with Crippen LogP contribution in [0.1, 0.15) is 18.1 Å². The van der Waals surface area contributed by atoms with Crippen molar-refractivity contribution in [3.05, 3.63) is 23.3 Å². The van der Waals surface area contributed by atoms with E-state index >= 15 is 0 Å². The first-order chi connectivity index (χ1) is 7.17. The number of hydrogen-bond donors (Lipinski definition) is 0. The molecule has 0 unspecified atom stereocenters. The fourth-order valence-electron chi connectivity index (χ4n) is 1.61. The Balaban J connectivity index is 2.78. The van der Waals surface area contributed by atoms with Crippen molar-refractivity contribution in [2.45, 2.75) is 20.8 Å². The van der Waals surface area contributed by atoms with Crippen molar-refractivity contribution < 1.29 is 3.10 Å². The summed E-state index contributed by atoms with van der Waals surface area (Å²) in [6.07, 6.45) is 0. The van der Waals surface area contributed by atoms with Crippen molar-refractivity contribution in [2.24, 2.45) is 4.99 Å². The van der Waals surface area contributed by atoms with Crippen LogP contribution in [-0.2, 0) is 3.10 Å². The Morgan fingerprint density at radius 2 is 1.62 bits per heavy atom. The van der Waals surface area contributed by atoms with E-state index in [4.69, 9.17) is 30.0 Å². The summed E-state index contributed by atoms with van der Waals surface area (Å²) >= 11 is -4.65. The Hall–Kier alpha value is 0.350. The number of hydrogen-bond acceptors (Lipinski definition) is 2. The van der Waals surface area contributed by atoms with Crippen molar-refractivity contribution >= 4 is 55.9 Å². The average molecular weight is 396 g/mol. The van der Waals surface area contributed by atoms with Gasteiger partial charge in [-0.25, -0.2) is 0 Å². The molecule has 0 N–H and O–H groups in total. The summed E-state index contributed by atoms with van der Waals surface area (Å²) in [4.78, 5) is 4.28. The molecule has 1 aromatic carbocycles. The normalized spacial score (nSPS) is 23.4. The van der Waals surface area contributed by atoms with E-state index in [1.165, 1.54) is 0 Å². The van der Waals surface area contributed by atoms with Crippen LogP contribution in [0.15, 0.2) is 17.1 Å². The van der Waals surface area contributed by atoms with Gasteiger partial charge < -0.3 is 0 Å². The van der Waals surface area contributed by atoms with Gasteiger partial charge in [-0.3, -0.25) is 0 Å². The molecule has 0 bridgehead atoms. The second kappa shape index (κ2) is 3.67. The van der Waals surface area contributed by atoms with E-state index in [9.17, 15) is 0 Å². The Bertz CT molecular complexity index is 505. The van der Waals surface area contributed by atoms with E-state index < -0.39 is 13.9 Å². The Labute approximate surface area is 107 Å². The first-order valence-electron chi connectivity index (χ1n) is 4.72. The molecule has 2 nitrogen and oxygen atoms in total. The zero-order valence-electron chi connectivity index (χ0n) is 9.09. The molecule has 0 amide bonds. The average Bonchev–Trinajstić information content (AvgIpc) is 2.06. The molecule has 0 spiro atoms. The molecule has 90 valence electrons. The minimum absolute atomic E-state index is 0.428. The SMILES string of the molecule is CC1=Nc2cc(C)c(C)cc2[TeH](Cl)(Cl)(Cl)O1. The van der Waals surface area contributed by atoms with Gasteiger partial charge in [0.2, 0.25) is 0 Å². The van der Waals surface area contributed by atoms with Crippen molar-refractivity contribution in [3.63, 3.8) is 0 Å². The maximum atomic E-state index is 6.31. The third-order valence-corrected chi connectivity index (χ3v) is 12.3. The van der Waals surface area contributed by atoms with Crippen molar-refractivity contribution in [1.29, 1.82) is 0 Å². The number of aliphatic imine (C=N–C) groups is 1. The first kappa shape index (κ1) is 12.8. The van der Waals surface area contributed by atoms with Crippen LogP contribution in [0.4, 0.5) is 5.69 Å². The third-order valence-electron chi connectivity index (χ3n) is 2.52. The minimum atomic E-state index is -4.65. The van der Waals surface area contributed by atoms with Crippen LogP contribution >= 0.6 is 26.9 Å². The van der Waals surface area contributed by atoms with Gasteiger partial charge in [0.1, 0.15) is 0 Å². The second-order valence-corrected chi connectivity index (χ2v) is 26.5. The molecule has 0 atom stereocenters. The molecule has 6 heteroatoms. The molecular weight excluding hydrogens is 384 g/mol. The first-order valence-corrected chi connectivity index (χ1v) is 16.7. The summed E-state index contributed by atoms with van der Waals surface area (Å²) < 4.78 is 6.09. The van der Waals surface area contributed by atoms with Gasteiger partial charge in [-0.2, -0.15) is 0 Å². The number of nitrogens with zero attached hydrogens (tertiary/aromatic N) is 1. The predicted octanol–water partition coefficient (Wildman–Crippen LogP) is 3.43. The van der Waals surface area contributed by atoms with E-state index in [1.807, 2.05) is 26.0 Å². The van der Waals surface area contributed by atoms with Crippen LogP contribution in [0.25, 0.3) is 0 Å². The summed E-state index contributed by atoms with van der Waals surface area (Å²) in [6.45, 7) is 5.70. The molecule has 16 heavy (non-hydrogen) atoms. The third kappa shape index (κ3) is 2.17. The summed E-state index contributed by atoms with van der Waals surface area (Å²) in [5, 5.41) is 0. The van der Waals surface area contributed by atoms with Gasteiger partial charge in [0, 0.05) is 0 Å². The van der Waals surface area contributed by atoms with E-state index in [0.29, 0.717) is 9.51 Å². The standard InChI is InChI=1S/C10H12Cl3NOTe/c1-6-4-9-10(5-7(6)2)16(11,12,13)15-8(3)14-9/h4-5,16H,1-3H3. The molecular formula is C10H12Cl3NOTe. The van der Waals surface area contributed by atoms with Crippen LogP contribution in [-0.4, -0.2) is 19.8 Å². The maximum absolute atomic E-state index is 6.31. The zero-order valence-corrected chi connectivity index (χ0v) is 13.9. The summed E-state index contributed by atoms with van der Waals surface area (Å²) in [5.74, 6) is 0.428. The van der Waals surface area contributed by atoms with Crippen molar-refractivity contribution in [3.8, 4) is 0 Å². The molecule has 1 heterocycles. The van der Waals surface area contributed by atoms with Crippen molar-refractivity contribution in [2.75, 3.05) is 0 Å². The molecule has 0 radical (unpaired) electrons. The van der Waals surface area contributed by atoms with Crippen LogP contribution < -0.4 is 3.61 Å². The van der Waals surface area contributed by atoms with Gasteiger partial charge in [-0.05, 0) is 0 Å². The van der Waals surface area contributed by atoms with Gasteiger partial charge in [-0.1, -0.05) is 0 Å². The van der Waals surface area contributed by atoms with Gasteiger partial charge >= 0.3 is 108 Å². The van der Waals surface area contributed by atoms with Gasteiger partial charge in [0.25, 0.3) is 0 Å². The number of rotatable bonds is 0. The Kier molecular flexibility index (Phi) is 2.93. The Morgan fingerprint density at radius 3 is 2.25 bits per heavy atom. The van der Waals surface area contributed by atoms with Crippen LogP contribution in [0, 0.1) is 13.8 Å². The number of aryl methyl sites for hydroxylation is 2. The molecule has 1 aliphatic rings. The number of fused-ring (bicyclic) bond motifs is 1. The molecule has 0 aliphatic carbocycles. The summed E-state index contributed by atoms with van der Waals surface area (Å²) in [6, 6.07) is 3.82. The van der Waals surface area contributed by atoms with E-state index in [2.05, 4.69) is 4.99 Å². The molecule has 0 saturated heterocycles. The van der Waals surface area contributed by atoms with E-state index in [0.717, 1.165) is 16.8 Å². The van der Waals surface area contributed by atoms with Gasteiger partial charge in [-0.15, -0.1) is 0 Å². The molecule has 0 aromatic heterocycles. The summed E-state index contributed by atoms with van der Waals surface area (Å²) in [5.41, 5.74) is 2.94. The zero-order chi connectivity index (χ0) is 12.2. The number of benzene rings is 1.